The Labute approximate surface area is 144 Å². The van der Waals surface area contributed by atoms with E-state index in [1.807, 2.05) is 0 Å². The average Bonchev–Trinajstić information content (AvgIpc) is 2.75. The molecule has 3 amide bonds. The molecule has 1 aliphatic heterocycles. The van der Waals surface area contributed by atoms with E-state index >= 15 is 0 Å². The predicted octanol–water partition coefficient (Wildman–Crippen LogP) is 2.30. The molecule has 25 heavy (non-hydrogen) atoms. The smallest absolute Gasteiger partial charge is 0.270 e. The summed E-state index contributed by atoms with van der Waals surface area (Å²) in [5.41, 5.74) is 2.62. The fourth-order valence-electron chi connectivity index (χ4n) is 4.42. The first-order chi connectivity index (χ1) is 12.0. The number of hydrogen-bond acceptors (Lipinski definition) is 3. The zero-order valence-corrected chi connectivity index (χ0v) is 13.8. The number of carbonyl (C=O) groups is 3. The molecular weight excluding hydrogens is 323 g/mol. The molecule has 1 saturated heterocycles. The summed E-state index contributed by atoms with van der Waals surface area (Å²) < 4.78 is 13.0. The summed E-state index contributed by atoms with van der Waals surface area (Å²) in [6.07, 6.45) is 6.01. The number of amides is 3. The number of nitrogens with one attached hydrogen (secondary N) is 1. The Balaban J connectivity index is 1.59. The van der Waals surface area contributed by atoms with Gasteiger partial charge in [-0.1, -0.05) is 19.1 Å². The molecule has 130 valence electrons. The molecule has 1 N–H and O–H groups in total. The van der Waals surface area contributed by atoms with Crippen LogP contribution in [0.25, 0.3) is 0 Å². The summed E-state index contributed by atoms with van der Waals surface area (Å²) in [6, 6.07) is 4.97. The highest BCUT2D eigenvalue weighted by Crippen LogP contribution is 2.49. The Hall–Kier alpha value is -2.50. The SMILES string of the molecule is CC1CCC2C=CC1[C@@H]1C(=O)N(NC(=O)c3ccc(F)cc3)C(=O)[C@H]21. The fourth-order valence-corrected chi connectivity index (χ4v) is 4.42. The lowest BCUT2D eigenvalue weighted by Crippen LogP contribution is -2.47. The number of hydrogen-bond donors (Lipinski definition) is 1. The predicted molar refractivity (Wildman–Crippen MR) is 87.2 cm³/mol. The zero-order valence-electron chi connectivity index (χ0n) is 13.8. The van der Waals surface area contributed by atoms with Crippen molar-refractivity contribution >= 4 is 17.7 Å². The van der Waals surface area contributed by atoms with Gasteiger partial charge in [-0.2, -0.15) is 5.01 Å². The van der Waals surface area contributed by atoms with Gasteiger partial charge < -0.3 is 0 Å². The molecule has 6 heteroatoms. The maximum Gasteiger partial charge on any atom is 0.270 e. The van der Waals surface area contributed by atoms with Gasteiger partial charge in [-0.25, -0.2) is 4.39 Å². The Kier molecular flexibility index (Phi) is 3.71. The molecule has 3 aliphatic carbocycles. The number of benzene rings is 1. The van der Waals surface area contributed by atoms with Crippen LogP contribution >= 0.6 is 0 Å². The summed E-state index contributed by atoms with van der Waals surface area (Å²) in [4.78, 5) is 38.0. The number of imide groups is 1. The molecule has 4 aliphatic rings. The number of carbonyl (C=O) groups excluding carboxylic acids is 3. The highest BCUT2D eigenvalue weighted by molar-refractivity contribution is 6.08. The Morgan fingerprint density at radius 1 is 1.08 bits per heavy atom. The van der Waals surface area contributed by atoms with Crippen molar-refractivity contribution in [2.75, 3.05) is 0 Å². The molecule has 0 aromatic heterocycles. The lowest BCUT2D eigenvalue weighted by Gasteiger charge is -2.29. The van der Waals surface area contributed by atoms with Crippen molar-refractivity contribution in [2.24, 2.45) is 29.6 Å². The van der Waals surface area contributed by atoms with Crippen molar-refractivity contribution in [1.82, 2.24) is 10.4 Å². The molecule has 5 atom stereocenters. The van der Waals surface area contributed by atoms with Crippen LogP contribution in [0.3, 0.4) is 0 Å². The van der Waals surface area contributed by atoms with E-state index in [1.165, 1.54) is 12.1 Å². The van der Waals surface area contributed by atoms with Crippen LogP contribution in [-0.2, 0) is 9.59 Å². The molecule has 3 unspecified atom stereocenters. The molecular formula is C19H19FN2O3. The first-order valence-corrected chi connectivity index (χ1v) is 8.60. The van der Waals surface area contributed by atoms with E-state index in [0.29, 0.717) is 5.92 Å². The average molecular weight is 342 g/mol. The van der Waals surface area contributed by atoms with Crippen LogP contribution in [0.4, 0.5) is 4.39 Å². The number of hydrazine groups is 1. The number of fused-ring (bicyclic) bond motifs is 2. The number of allylic oxidation sites excluding steroid dienone is 2. The maximum atomic E-state index is 13.0. The van der Waals surface area contributed by atoms with E-state index < -0.39 is 17.6 Å². The van der Waals surface area contributed by atoms with Crippen LogP contribution in [0.15, 0.2) is 36.4 Å². The normalized spacial score (nSPS) is 33.4. The molecule has 2 fully saturated rings. The lowest BCUT2D eigenvalue weighted by atomic mass is 9.71. The minimum atomic E-state index is -0.591. The highest BCUT2D eigenvalue weighted by Gasteiger charge is 2.57. The van der Waals surface area contributed by atoms with Crippen molar-refractivity contribution in [2.45, 2.75) is 19.8 Å². The van der Waals surface area contributed by atoms with E-state index in [4.69, 9.17) is 0 Å². The second-order valence-electron chi connectivity index (χ2n) is 7.19. The van der Waals surface area contributed by atoms with Gasteiger partial charge in [0.05, 0.1) is 11.8 Å². The van der Waals surface area contributed by atoms with E-state index in [0.717, 1.165) is 30.0 Å². The van der Waals surface area contributed by atoms with Crippen molar-refractivity contribution in [1.29, 1.82) is 0 Å². The van der Waals surface area contributed by atoms with Crippen LogP contribution in [0.5, 0.6) is 0 Å². The third-order valence-electron chi connectivity index (χ3n) is 5.79. The van der Waals surface area contributed by atoms with Crippen molar-refractivity contribution in [3.8, 4) is 0 Å². The van der Waals surface area contributed by atoms with E-state index in [1.54, 1.807) is 0 Å². The second-order valence-corrected chi connectivity index (χ2v) is 7.19. The minimum absolute atomic E-state index is 0.0351. The van der Waals surface area contributed by atoms with Gasteiger partial charge in [0.2, 0.25) is 0 Å². The summed E-state index contributed by atoms with van der Waals surface area (Å²) in [7, 11) is 0. The molecule has 1 aromatic carbocycles. The molecule has 1 saturated carbocycles. The topological polar surface area (TPSA) is 66.5 Å². The van der Waals surface area contributed by atoms with E-state index in [2.05, 4.69) is 24.5 Å². The summed E-state index contributed by atoms with van der Waals surface area (Å²) in [6.45, 7) is 2.11. The maximum absolute atomic E-state index is 13.0. The summed E-state index contributed by atoms with van der Waals surface area (Å²) in [5.74, 6) is -2.08. The van der Waals surface area contributed by atoms with Crippen molar-refractivity contribution in [3.63, 3.8) is 0 Å². The van der Waals surface area contributed by atoms with E-state index in [-0.39, 0.29) is 35.1 Å². The van der Waals surface area contributed by atoms with Crippen molar-refractivity contribution in [3.05, 3.63) is 47.8 Å². The highest BCUT2D eigenvalue weighted by atomic mass is 19.1. The van der Waals surface area contributed by atoms with Gasteiger partial charge in [0.1, 0.15) is 5.82 Å². The van der Waals surface area contributed by atoms with Gasteiger partial charge in [0.15, 0.2) is 0 Å². The summed E-state index contributed by atoms with van der Waals surface area (Å²) in [5, 5.41) is 0.881. The van der Waals surface area contributed by atoms with Crippen LogP contribution < -0.4 is 5.43 Å². The largest absolute Gasteiger partial charge is 0.272 e. The summed E-state index contributed by atoms with van der Waals surface area (Å²) >= 11 is 0. The Bertz CT molecular complexity index is 773. The second kappa shape index (κ2) is 5.79. The molecule has 0 spiro atoms. The number of rotatable bonds is 2. The van der Waals surface area contributed by atoms with Crippen LogP contribution in [0.2, 0.25) is 0 Å². The Morgan fingerprint density at radius 2 is 1.76 bits per heavy atom. The minimum Gasteiger partial charge on any atom is -0.272 e. The Morgan fingerprint density at radius 3 is 2.48 bits per heavy atom. The zero-order chi connectivity index (χ0) is 17.7. The quantitative estimate of drug-likeness (QED) is 0.662. The molecule has 5 nitrogen and oxygen atoms in total. The van der Waals surface area contributed by atoms with Crippen LogP contribution in [-0.4, -0.2) is 22.7 Å². The lowest BCUT2D eigenvalue weighted by molar-refractivity contribution is -0.143. The van der Waals surface area contributed by atoms with Crippen LogP contribution in [0, 0.1) is 35.4 Å². The van der Waals surface area contributed by atoms with Gasteiger partial charge in [-0.3, -0.25) is 19.8 Å². The van der Waals surface area contributed by atoms with E-state index in [9.17, 15) is 18.8 Å². The molecule has 1 aromatic rings. The number of halogens is 1. The molecule has 1 heterocycles. The van der Waals surface area contributed by atoms with Crippen molar-refractivity contribution < 1.29 is 18.8 Å². The van der Waals surface area contributed by atoms with Gasteiger partial charge in [-0.15, -0.1) is 0 Å². The third-order valence-corrected chi connectivity index (χ3v) is 5.79. The fraction of sp³-hybridized carbons (Fsp3) is 0.421. The van der Waals surface area contributed by atoms with Gasteiger partial charge >= 0.3 is 0 Å². The molecule has 0 radical (unpaired) electrons. The standard InChI is InChI=1S/C19H19FN2O3/c1-10-2-3-11-6-9-14(10)16-15(11)18(24)22(19(16)25)21-17(23)12-4-7-13(20)8-5-12/h4-11,14-16H,2-3H2,1H3,(H,21,23)/t10?,11?,14?,15-,16+/m1/s1. The van der Waals surface area contributed by atoms with Gasteiger partial charge in [-0.05, 0) is 54.9 Å². The third kappa shape index (κ3) is 2.47. The molecule has 2 bridgehead atoms. The van der Waals surface area contributed by atoms with Crippen LogP contribution in [0.1, 0.15) is 30.1 Å². The first kappa shape index (κ1) is 16.0. The van der Waals surface area contributed by atoms with Gasteiger partial charge in [0.25, 0.3) is 17.7 Å². The monoisotopic (exact) mass is 342 g/mol. The first-order valence-electron chi connectivity index (χ1n) is 8.60. The van der Waals surface area contributed by atoms with Gasteiger partial charge in [0, 0.05) is 5.56 Å². The molecule has 5 rings (SSSR count). The number of nitrogens with zero attached hydrogens (tertiary/aromatic N) is 1.